The van der Waals surface area contributed by atoms with Gasteiger partial charge in [-0.15, -0.1) is 0 Å². The van der Waals surface area contributed by atoms with Gasteiger partial charge in [-0.05, 0) is 25.2 Å². The van der Waals surface area contributed by atoms with Gasteiger partial charge in [0.05, 0.1) is 19.8 Å². The number of likely N-dealkylation sites (N-methyl/N-ethyl adjacent to an activating group) is 1. The van der Waals surface area contributed by atoms with E-state index in [9.17, 15) is 22.0 Å². The van der Waals surface area contributed by atoms with Crippen molar-refractivity contribution in [2.45, 2.75) is 18.4 Å². The summed E-state index contributed by atoms with van der Waals surface area (Å²) in [6.07, 6.45) is -3.80. The van der Waals surface area contributed by atoms with Crippen molar-refractivity contribution in [3.63, 3.8) is 0 Å². The fourth-order valence-electron chi connectivity index (χ4n) is 1.68. The highest BCUT2D eigenvalue weighted by atomic mass is 19.3. The Kier molecular flexibility index (Phi) is 6.35. The molecule has 0 spiro atoms. The van der Waals surface area contributed by atoms with E-state index in [2.05, 4.69) is 10.1 Å². The smallest absolute Gasteiger partial charge is 0.330 e. The maximum atomic E-state index is 13.3. The SMILES string of the molecule is CNC(COCC(F)(F)C(F)F)c1cc(F)ccc1OC. The first-order valence-corrected chi connectivity index (χ1v) is 6.06. The number of hydrogen-bond acceptors (Lipinski definition) is 3. The minimum absolute atomic E-state index is 0.333. The molecule has 0 aliphatic rings. The second kappa shape index (κ2) is 7.56. The van der Waals surface area contributed by atoms with E-state index in [1.165, 1.54) is 26.3 Å². The van der Waals surface area contributed by atoms with Crippen LogP contribution in [0.5, 0.6) is 5.75 Å². The fraction of sp³-hybridized carbons (Fsp3) is 0.538. The molecule has 0 aliphatic heterocycles. The van der Waals surface area contributed by atoms with Gasteiger partial charge in [-0.3, -0.25) is 0 Å². The molecule has 8 heteroatoms. The molecule has 1 aromatic carbocycles. The Labute approximate surface area is 119 Å². The summed E-state index contributed by atoms with van der Waals surface area (Å²) in [6, 6.07) is 3.04. The molecule has 120 valence electrons. The third-order valence-electron chi connectivity index (χ3n) is 2.81. The Hall–Kier alpha value is -1.41. The van der Waals surface area contributed by atoms with Crippen LogP contribution in [0.25, 0.3) is 0 Å². The Balaban J connectivity index is 2.74. The highest BCUT2D eigenvalue weighted by Gasteiger charge is 2.41. The lowest BCUT2D eigenvalue weighted by Gasteiger charge is -2.21. The Bertz CT molecular complexity index is 456. The lowest BCUT2D eigenvalue weighted by Crippen LogP contribution is -2.34. The van der Waals surface area contributed by atoms with E-state index < -0.39 is 30.8 Å². The third kappa shape index (κ3) is 4.82. The van der Waals surface area contributed by atoms with Gasteiger partial charge in [0.2, 0.25) is 0 Å². The zero-order valence-corrected chi connectivity index (χ0v) is 11.5. The molecular weight excluding hydrogens is 297 g/mol. The van der Waals surface area contributed by atoms with Gasteiger partial charge in [0.15, 0.2) is 0 Å². The van der Waals surface area contributed by atoms with Crippen LogP contribution in [0.2, 0.25) is 0 Å². The first kappa shape index (κ1) is 17.6. The molecule has 1 unspecified atom stereocenters. The van der Waals surface area contributed by atoms with Gasteiger partial charge in [0.25, 0.3) is 0 Å². The molecule has 3 nitrogen and oxygen atoms in total. The van der Waals surface area contributed by atoms with Crippen LogP contribution in [0.3, 0.4) is 0 Å². The van der Waals surface area contributed by atoms with Crippen LogP contribution in [0.1, 0.15) is 11.6 Å². The number of methoxy groups -OCH3 is 1. The van der Waals surface area contributed by atoms with Crippen LogP contribution in [0, 0.1) is 5.82 Å². The number of halogens is 5. The summed E-state index contributed by atoms with van der Waals surface area (Å²) in [5.74, 6) is -4.42. The summed E-state index contributed by atoms with van der Waals surface area (Å²) in [7, 11) is 2.87. The molecule has 0 radical (unpaired) electrons. The molecule has 0 saturated carbocycles. The highest BCUT2D eigenvalue weighted by molar-refractivity contribution is 5.36. The molecule has 0 saturated heterocycles. The van der Waals surface area contributed by atoms with Gasteiger partial charge >= 0.3 is 12.3 Å². The Morgan fingerprint density at radius 3 is 2.48 bits per heavy atom. The standard InChI is InChI=1S/C13H16F5NO2/c1-19-10(6-21-7-13(17,18)12(15)16)9-5-8(14)3-4-11(9)20-2/h3-5,10,12,19H,6-7H2,1-2H3. The van der Waals surface area contributed by atoms with Crippen molar-refractivity contribution in [3.8, 4) is 5.75 Å². The normalized spacial score (nSPS) is 13.5. The van der Waals surface area contributed by atoms with E-state index in [1.807, 2.05) is 0 Å². The summed E-state index contributed by atoms with van der Waals surface area (Å²) in [6.45, 7) is -1.75. The van der Waals surface area contributed by atoms with E-state index >= 15 is 0 Å². The zero-order valence-electron chi connectivity index (χ0n) is 11.5. The number of hydrogen-bond donors (Lipinski definition) is 1. The molecule has 0 heterocycles. The van der Waals surface area contributed by atoms with Gasteiger partial charge < -0.3 is 14.8 Å². The number of nitrogens with one attached hydrogen (secondary N) is 1. The summed E-state index contributed by atoms with van der Waals surface area (Å²) in [5, 5.41) is 2.73. The monoisotopic (exact) mass is 313 g/mol. The predicted octanol–water partition coefficient (Wildman–Crippen LogP) is 3.01. The molecular formula is C13H16F5NO2. The molecule has 1 N–H and O–H groups in total. The van der Waals surface area contributed by atoms with E-state index in [-0.39, 0.29) is 6.61 Å². The fourth-order valence-corrected chi connectivity index (χ4v) is 1.68. The van der Waals surface area contributed by atoms with Crippen molar-refractivity contribution in [2.24, 2.45) is 0 Å². The number of alkyl halides is 4. The molecule has 0 fully saturated rings. The maximum Gasteiger partial charge on any atom is 0.330 e. The molecule has 0 amide bonds. The van der Waals surface area contributed by atoms with Crippen molar-refractivity contribution >= 4 is 0 Å². The van der Waals surface area contributed by atoms with Crippen molar-refractivity contribution in [3.05, 3.63) is 29.6 Å². The van der Waals surface area contributed by atoms with Gasteiger partial charge in [-0.2, -0.15) is 8.78 Å². The average Bonchev–Trinajstić information content (AvgIpc) is 2.43. The predicted molar refractivity (Wildman–Crippen MR) is 66.5 cm³/mol. The quantitative estimate of drug-likeness (QED) is 0.749. The second-order valence-electron chi connectivity index (χ2n) is 4.30. The Morgan fingerprint density at radius 2 is 1.95 bits per heavy atom. The van der Waals surface area contributed by atoms with Crippen molar-refractivity contribution in [1.82, 2.24) is 5.32 Å². The summed E-state index contributed by atoms with van der Waals surface area (Å²) >= 11 is 0. The van der Waals surface area contributed by atoms with Crippen LogP contribution in [0.15, 0.2) is 18.2 Å². The molecule has 21 heavy (non-hydrogen) atoms. The van der Waals surface area contributed by atoms with Gasteiger partial charge in [-0.25, -0.2) is 13.2 Å². The molecule has 0 bridgehead atoms. The van der Waals surface area contributed by atoms with E-state index in [0.717, 1.165) is 6.07 Å². The Morgan fingerprint density at radius 1 is 1.29 bits per heavy atom. The number of benzene rings is 1. The van der Waals surface area contributed by atoms with Crippen molar-refractivity contribution in [1.29, 1.82) is 0 Å². The minimum atomic E-state index is -4.22. The molecule has 1 rings (SSSR count). The van der Waals surface area contributed by atoms with Crippen molar-refractivity contribution in [2.75, 3.05) is 27.4 Å². The van der Waals surface area contributed by atoms with Crippen LogP contribution < -0.4 is 10.1 Å². The van der Waals surface area contributed by atoms with E-state index in [4.69, 9.17) is 4.74 Å². The molecule has 1 atom stereocenters. The summed E-state index contributed by atoms with van der Waals surface area (Å²) in [4.78, 5) is 0. The number of rotatable bonds is 8. The zero-order chi connectivity index (χ0) is 16.0. The largest absolute Gasteiger partial charge is 0.496 e. The first-order valence-electron chi connectivity index (χ1n) is 6.06. The van der Waals surface area contributed by atoms with E-state index in [1.54, 1.807) is 0 Å². The molecule has 0 aliphatic carbocycles. The minimum Gasteiger partial charge on any atom is -0.496 e. The van der Waals surface area contributed by atoms with Gasteiger partial charge in [0.1, 0.15) is 18.2 Å². The van der Waals surface area contributed by atoms with Crippen LogP contribution >= 0.6 is 0 Å². The third-order valence-corrected chi connectivity index (χ3v) is 2.81. The van der Waals surface area contributed by atoms with Crippen LogP contribution in [-0.4, -0.2) is 39.7 Å². The van der Waals surface area contributed by atoms with Crippen molar-refractivity contribution < 1.29 is 31.4 Å². The summed E-state index contributed by atoms with van der Waals surface area (Å²) in [5.41, 5.74) is 0.348. The number of ether oxygens (including phenoxy) is 2. The lowest BCUT2D eigenvalue weighted by atomic mass is 10.1. The van der Waals surface area contributed by atoms with Gasteiger partial charge in [0, 0.05) is 5.56 Å². The van der Waals surface area contributed by atoms with Crippen LogP contribution in [0.4, 0.5) is 22.0 Å². The second-order valence-corrected chi connectivity index (χ2v) is 4.30. The van der Waals surface area contributed by atoms with Gasteiger partial charge in [-0.1, -0.05) is 0 Å². The van der Waals surface area contributed by atoms with E-state index in [0.29, 0.717) is 11.3 Å². The highest BCUT2D eigenvalue weighted by Crippen LogP contribution is 2.27. The lowest BCUT2D eigenvalue weighted by molar-refractivity contribution is -0.167. The average molecular weight is 313 g/mol. The molecule has 0 aromatic heterocycles. The maximum absolute atomic E-state index is 13.3. The summed E-state index contributed by atoms with van der Waals surface area (Å²) < 4.78 is 72.4. The van der Waals surface area contributed by atoms with Crippen LogP contribution in [-0.2, 0) is 4.74 Å². The first-order chi connectivity index (χ1) is 9.81. The molecule has 1 aromatic rings. The topological polar surface area (TPSA) is 30.5 Å².